The molecule has 3 aromatic rings. The van der Waals surface area contributed by atoms with E-state index >= 15 is 0 Å². The van der Waals surface area contributed by atoms with Crippen LogP contribution in [0.25, 0.3) is 5.69 Å². The number of carbonyl (C=O) groups excluding carboxylic acids is 1. The zero-order valence-electron chi connectivity index (χ0n) is 16.0. The quantitative estimate of drug-likeness (QED) is 0.546. The van der Waals surface area contributed by atoms with Crippen LogP contribution in [0.2, 0.25) is 10.0 Å². The maximum absolute atomic E-state index is 13.1. The van der Waals surface area contributed by atoms with E-state index in [0.29, 0.717) is 5.69 Å². The molecule has 1 amide bonds. The first-order valence-electron chi connectivity index (χ1n) is 8.52. The minimum absolute atomic E-state index is 0.00946. The van der Waals surface area contributed by atoms with E-state index in [1.807, 2.05) is 0 Å². The third-order valence-electron chi connectivity index (χ3n) is 4.19. The first-order valence-corrected chi connectivity index (χ1v) is 11.2. The molecule has 0 saturated heterocycles. The molecule has 0 unspecified atom stereocenters. The van der Waals surface area contributed by atoms with E-state index in [2.05, 4.69) is 10.4 Å². The van der Waals surface area contributed by atoms with Crippen molar-refractivity contribution >= 4 is 44.8 Å². The molecule has 0 aliphatic heterocycles. The highest BCUT2D eigenvalue weighted by Gasteiger charge is 2.31. The summed E-state index contributed by atoms with van der Waals surface area (Å²) in [5.41, 5.74) is -0.790. The molecular weight excluding hydrogens is 478 g/mol. The summed E-state index contributed by atoms with van der Waals surface area (Å²) in [6.45, 7) is 1.57. The Hall–Kier alpha value is -2.56. The van der Waals surface area contributed by atoms with Crippen molar-refractivity contribution in [3.8, 4) is 5.69 Å². The van der Waals surface area contributed by atoms with Crippen molar-refractivity contribution < 1.29 is 26.4 Å². The zero-order valence-corrected chi connectivity index (χ0v) is 18.3. The van der Waals surface area contributed by atoms with E-state index in [0.717, 1.165) is 35.2 Å². The number of hydrogen-bond donors (Lipinski definition) is 1. The van der Waals surface area contributed by atoms with Gasteiger partial charge in [-0.1, -0.05) is 23.2 Å². The van der Waals surface area contributed by atoms with Crippen molar-refractivity contribution in [3.63, 3.8) is 0 Å². The zero-order chi connectivity index (χ0) is 23.1. The highest BCUT2D eigenvalue weighted by Crippen LogP contribution is 2.34. The Bertz CT molecular complexity index is 1290. The summed E-state index contributed by atoms with van der Waals surface area (Å²) in [4.78, 5) is 12.7. The number of aromatic nitrogens is 2. The number of nitrogens with zero attached hydrogens (tertiary/aromatic N) is 2. The molecule has 12 heteroatoms. The number of nitrogens with one attached hydrogen (secondary N) is 1. The number of aryl methyl sites for hydroxylation is 1. The summed E-state index contributed by atoms with van der Waals surface area (Å²) >= 11 is 12.1. The number of sulfone groups is 1. The van der Waals surface area contributed by atoms with E-state index in [4.69, 9.17) is 23.2 Å². The summed E-state index contributed by atoms with van der Waals surface area (Å²) in [7, 11) is -3.60. The van der Waals surface area contributed by atoms with Crippen LogP contribution in [0.5, 0.6) is 0 Å². The van der Waals surface area contributed by atoms with Crippen molar-refractivity contribution in [2.75, 3.05) is 11.6 Å². The normalized spacial score (nSPS) is 12.1. The van der Waals surface area contributed by atoms with Crippen molar-refractivity contribution in [2.24, 2.45) is 0 Å². The highest BCUT2D eigenvalue weighted by atomic mass is 35.5. The van der Waals surface area contributed by atoms with Gasteiger partial charge in [0, 0.05) is 12.3 Å². The molecule has 0 radical (unpaired) electrons. The summed E-state index contributed by atoms with van der Waals surface area (Å²) in [5.74, 6) is -0.760. The predicted octanol–water partition coefficient (Wildman–Crippen LogP) is 5.16. The average Bonchev–Trinajstić information content (AvgIpc) is 3.00. The van der Waals surface area contributed by atoms with E-state index in [-0.39, 0.29) is 32.0 Å². The maximum Gasteiger partial charge on any atom is 0.416 e. The number of hydrogen-bond acceptors (Lipinski definition) is 4. The molecule has 3 rings (SSSR count). The van der Waals surface area contributed by atoms with Crippen LogP contribution in [-0.4, -0.2) is 30.4 Å². The summed E-state index contributed by atoms with van der Waals surface area (Å²) in [6, 6.07) is 7.76. The first-order chi connectivity index (χ1) is 14.3. The standard InChI is InChI=1S/C19H14Cl2F3N3O3S/c1-10-7-17(25-18(28)13-9-12(31(2,29)30)4-6-14(13)20)27(26-10)16-8-11(19(22,23)24)3-5-15(16)21/h3-9H,1-2H3,(H,25,28). The van der Waals surface area contributed by atoms with Gasteiger partial charge in [0.2, 0.25) is 0 Å². The fourth-order valence-corrected chi connectivity index (χ4v) is 3.76. The van der Waals surface area contributed by atoms with Crippen LogP contribution in [0.15, 0.2) is 47.4 Å². The molecule has 1 aromatic heterocycles. The Morgan fingerprint density at radius 2 is 1.71 bits per heavy atom. The summed E-state index contributed by atoms with van der Waals surface area (Å²) < 4.78 is 64.0. The molecule has 0 saturated carbocycles. The van der Waals surface area contributed by atoms with Crippen molar-refractivity contribution in [1.29, 1.82) is 0 Å². The molecule has 164 valence electrons. The topological polar surface area (TPSA) is 81.1 Å². The Morgan fingerprint density at radius 3 is 2.32 bits per heavy atom. The molecule has 2 aromatic carbocycles. The highest BCUT2D eigenvalue weighted by molar-refractivity contribution is 7.90. The van der Waals surface area contributed by atoms with Crippen LogP contribution >= 0.6 is 23.2 Å². The van der Waals surface area contributed by atoms with Gasteiger partial charge in [-0.15, -0.1) is 0 Å². The van der Waals surface area contributed by atoms with Crippen LogP contribution in [0.3, 0.4) is 0 Å². The fourth-order valence-electron chi connectivity index (χ4n) is 2.72. The average molecular weight is 492 g/mol. The number of alkyl halides is 3. The smallest absolute Gasteiger partial charge is 0.306 e. The van der Waals surface area contributed by atoms with Gasteiger partial charge in [0.1, 0.15) is 5.82 Å². The second kappa shape index (κ2) is 8.18. The predicted molar refractivity (Wildman–Crippen MR) is 111 cm³/mol. The Balaban J connectivity index is 2.04. The molecule has 0 bridgehead atoms. The summed E-state index contributed by atoms with van der Waals surface area (Å²) in [6.07, 6.45) is -3.63. The van der Waals surface area contributed by atoms with Crippen molar-refractivity contribution in [2.45, 2.75) is 18.0 Å². The molecule has 1 heterocycles. The SMILES string of the molecule is Cc1cc(NC(=O)c2cc(S(C)(=O)=O)ccc2Cl)n(-c2cc(C(F)(F)F)ccc2Cl)n1. The van der Waals surface area contributed by atoms with Gasteiger partial charge in [0.25, 0.3) is 5.91 Å². The minimum Gasteiger partial charge on any atom is -0.306 e. The van der Waals surface area contributed by atoms with E-state index in [1.54, 1.807) is 6.92 Å². The van der Waals surface area contributed by atoms with E-state index in [1.165, 1.54) is 18.2 Å². The second-order valence-electron chi connectivity index (χ2n) is 6.61. The van der Waals surface area contributed by atoms with Crippen LogP contribution in [0, 0.1) is 6.92 Å². The van der Waals surface area contributed by atoms with Gasteiger partial charge in [0.05, 0.1) is 37.4 Å². The van der Waals surface area contributed by atoms with Crippen LogP contribution in [0.1, 0.15) is 21.6 Å². The van der Waals surface area contributed by atoms with Crippen molar-refractivity contribution in [1.82, 2.24) is 9.78 Å². The molecule has 6 nitrogen and oxygen atoms in total. The molecule has 0 spiro atoms. The van der Waals surface area contributed by atoms with Gasteiger partial charge >= 0.3 is 6.18 Å². The monoisotopic (exact) mass is 491 g/mol. The molecule has 0 fully saturated rings. The number of carbonyl (C=O) groups is 1. The van der Waals surface area contributed by atoms with Gasteiger partial charge in [-0.3, -0.25) is 4.79 Å². The minimum atomic E-state index is -4.61. The first kappa shape index (κ1) is 23.1. The second-order valence-corrected chi connectivity index (χ2v) is 9.44. The number of rotatable bonds is 4. The maximum atomic E-state index is 13.1. The van der Waals surface area contributed by atoms with Gasteiger partial charge in [-0.2, -0.15) is 18.3 Å². The van der Waals surface area contributed by atoms with E-state index in [9.17, 15) is 26.4 Å². The third kappa shape index (κ3) is 5.03. The lowest BCUT2D eigenvalue weighted by molar-refractivity contribution is -0.137. The lowest BCUT2D eigenvalue weighted by Gasteiger charge is -2.14. The Kier molecular flexibility index (Phi) is 6.09. The largest absolute Gasteiger partial charge is 0.416 e. The van der Waals surface area contributed by atoms with Gasteiger partial charge < -0.3 is 5.32 Å². The van der Waals surface area contributed by atoms with E-state index < -0.39 is 27.5 Å². The Labute approximate surface area is 185 Å². The molecule has 1 N–H and O–H groups in total. The number of amides is 1. The fraction of sp³-hybridized carbons (Fsp3) is 0.158. The Morgan fingerprint density at radius 1 is 1.06 bits per heavy atom. The molecule has 0 atom stereocenters. The molecule has 0 aliphatic rings. The number of anilines is 1. The molecule has 0 aliphatic carbocycles. The summed E-state index contributed by atoms with van der Waals surface area (Å²) in [5, 5.41) is 6.57. The molecule has 31 heavy (non-hydrogen) atoms. The van der Waals surface area contributed by atoms with Gasteiger partial charge in [-0.05, 0) is 43.3 Å². The number of halogens is 5. The lowest BCUT2D eigenvalue weighted by atomic mass is 10.2. The van der Waals surface area contributed by atoms with Gasteiger partial charge in [-0.25, -0.2) is 13.1 Å². The molecular formula is C19H14Cl2F3N3O3S. The van der Waals surface area contributed by atoms with Crippen LogP contribution < -0.4 is 5.32 Å². The van der Waals surface area contributed by atoms with Crippen LogP contribution in [-0.2, 0) is 16.0 Å². The van der Waals surface area contributed by atoms with Gasteiger partial charge in [0.15, 0.2) is 9.84 Å². The third-order valence-corrected chi connectivity index (χ3v) is 5.94. The van der Waals surface area contributed by atoms with Crippen molar-refractivity contribution in [3.05, 3.63) is 69.3 Å². The number of benzene rings is 2. The van der Waals surface area contributed by atoms with Crippen LogP contribution in [0.4, 0.5) is 19.0 Å². The lowest BCUT2D eigenvalue weighted by Crippen LogP contribution is -2.17.